The first-order valence-corrected chi connectivity index (χ1v) is 4.06. The van der Waals surface area contributed by atoms with E-state index >= 15 is 0 Å². The Kier molecular flexibility index (Phi) is 1.84. The van der Waals surface area contributed by atoms with Crippen molar-refractivity contribution in [3.63, 3.8) is 0 Å². The third kappa shape index (κ3) is 1.33. The van der Waals surface area contributed by atoms with Gasteiger partial charge >= 0.3 is 6.09 Å². The van der Waals surface area contributed by atoms with E-state index < -0.39 is 12.1 Å². The molecule has 0 bridgehead atoms. The van der Waals surface area contributed by atoms with E-state index in [2.05, 4.69) is 10.6 Å². The highest BCUT2D eigenvalue weighted by molar-refractivity contribution is 5.88. The molecule has 0 unspecified atom stereocenters. The van der Waals surface area contributed by atoms with Crippen LogP contribution in [-0.4, -0.2) is 42.4 Å². The zero-order chi connectivity index (χ0) is 9.42. The van der Waals surface area contributed by atoms with E-state index in [0.29, 0.717) is 13.2 Å². The summed E-state index contributed by atoms with van der Waals surface area (Å²) in [5.41, 5.74) is 0. The Morgan fingerprint density at radius 2 is 2.38 bits per heavy atom. The van der Waals surface area contributed by atoms with Crippen molar-refractivity contribution in [2.75, 3.05) is 13.2 Å². The van der Waals surface area contributed by atoms with Crippen molar-refractivity contribution in [3.8, 4) is 0 Å². The largest absolute Gasteiger partial charge is 0.465 e. The molecule has 0 aliphatic carbocycles. The van der Waals surface area contributed by atoms with Gasteiger partial charge < -0.3 is 20.5 Å². The second kappa shape index (κ2) is 2.88. The van der Waals surface area contributed by atoms with Crippen LogP contribution in [0.2, 0.25) is 0 Å². The number of fused-ring (bicyclic) bond motifs is 1. The third-order valence-corrected chi connectivity index (χ3v) is 2.44. The molecule has 0 aromatic heterocycles. The Bertz CT molecular complexity index is 255. The Morgan fingerprint density at radius 3 is 3.08 bits per heavy atom. The highest BCUT2D eigenvalue weighted by atomic mass is 16.5. The van der Waals surface area contributed by atoms with E-state index in [1.54, 1.807) is 0 Å². The molecule has 2 amide bonds. The van der Waals surface area contributed by atoms with Crippen LogP contribution in [-0.2, 0) is 9.53 Å². The summed E-state index contributed by atoms with van der Waals surface area (Å²) in [5, 5.41) is 13.3. The van der Waals surface area contributed by atoms with Gasteiger partial charge in [0.25, 0.3) is 0 Å². The van der Waals surface area contributed by atoms with Gasteiger partial charge in [-0.1, -0.05) is 0 Å². The van der Waals surface area contributed by atoms with E-state index in [1.807, 2.05) is 0 Å². The summed E-state index contributed by atoms with van der Waals surface area (Å²) in [4.78, 5) is 21.6. The first kappa shape index (κ1) is 8.31. The second-order valence-electron chi connectivity index (χ2n) is 3.24. The molecule has 0 aromatic carbocycles. The Balaban J connectivity index is 2.08. The number of carbonyl (C=O) groups excluding carboxylic acids is 1. The van der Waals surface area contributed by atoms with E-state index in [9.17, 15) is 9.59 Å². The molecule has 3 atom stereocenters. The van der Waals surface area contributed by atoms with Crippen molar-refractivity contribution in [1.29, 1.82) is 0 Å². The van der Waals surface area contributed by atoms with Crippen molar-refractivity contribution in [2.24, 2.45) is 5.92 Å². The van der Waals surface area contributed by atoms with E-state index in [1.165, 1.54) is 0 Å². The fourth-order valence-electron chi connectivity index (χ4n) is 1.82. The lowest BCUT2D eigenvalue weighted by Gasteiger charge is -2.12. The second-order valence-corrected chi connectivity index (χ2v) is 3.24. The molecule has 2 aliphatic heterocycles. The van der Waals surface area contributed by atoms with Gasteiger partial charge in [0, 0.05) is 5.92 Å². The van der Waals surface area contributed by atoms with Crippen LogP contribution in [0.1, 0.15) is 0 Å². The van der Waals surface area contributed by atoms with Gasteiger partial charge in [-0.05, 0) is 0 Å². The average molecular weight is 186 g/mol. The summed E-state index contributed by atoms with van der Waals surface area (Å²) in [5.74, 6) is -0.302. The van der Waals surface area contributed by atoms with Crippen LogP contribution < -0.4 is 10.6 Å². The monoisotopic (exact) mass is 186 g/mol. The number of amides is 2. The molecule has 2 saturated heterocycles. The van der Waals surface area contributed by atoms with Crippen LogP contribution >= 0.6 is 0 Å². The lowest BCUT2D eigenvalue weighted by Crippen LogP contribution is -2.43. The topological polar surface area (TPSA) is 87.7 Å². The normalized spacial score (nSPS) is 36.9. The average Bonchev–Trinajstić information content (AvgIpc) is 2.55. The van der Waals surface area contributed by atoms with Crippen molar-refractivity contribution in [2.45, 2.75) is 12.1 Å². The first-order chi connectivity index (χ1) is 6.18. The van der Waals surface area contributed by atoms with Crippen LogP contribution in [0.25, 0.3) is 0 Å². The molecule has 6 heteroatoms. The molecule has 2 aliphatic rings. The zero-order valence-corrected chi connectivity index (χ0v) is 6.82. The smallest absolute Gasteiger partial charge is 0.405 e. The van der Waals surface area contributed by atoms with Crippen molar-refractivity contribution < 1.29 is 19.4 Å². The van der Waals surface area contributed by atoms with Crippen LogP contribution in [0.5, 0.6) is 0 Å². The van der Waals surface area contributed by atoms with Gasteiger partial charge in [-0.2, -0.15) is 0 Å². The standard InChI is InChI=1S/C7H10N2O4/c10-6-5(9-7(11)12)3-1-13-2-4(3)8-6/h3-5,9H,1-2H2,(H,8,10)(H,11,12)/t3-,4+,5+/m1/s1. The highest BCUT2D eigenvalue weighted by Gasteiger charge is 2.46. The van der Waals surface area contributed by atoms with E-state index in [-0.39, 0.29) is 17.9 Å². The van der Waals surface area contributed by atoms with Crippen molar-refractivity contribution in [1.82, 2.24) is 10.6 Å². The van der Waals surface area contributed by atoms with Crippen LogP contribution in [0.3, 0.4) is 0 Å². The van der Waals surface area contributed by atoms with Gasteiger partial charge in [0.05, 0.1) is 19.3 Å². The molecular weight excluding hydrogens is 176 g/mol. The fourth-order valence-corrected chi connectivity index (χ4v) is 1.82. The summed E-state index contributed by atoms with van der Waals surface area (Å²) >= 11 is 0. The lowest BCUT2D eigenvalue weighted by molar-refractivity contribution is -0.121. The maximum atomic E-state index is 11.2. The predicted molar refractivity (Wildman–Crippen MR) is 41.2 cm³/mol. The minimum atomic E-state index is -1.17. The van der Waals surface area contributed by atoms with E-state index in [0.717, 1.165) is 0 Å². The van der Waals surface area contributed by atoms with Crippen LogP contribution in [0, 0.1) is 5.92 Å². The molecule has 0 radical (unpaired) electrons. The minimum Gasteiger partial charge on any atom is -0.465 e. The van der Waals surface area contributed by atoms with Gasteiger partial charge in [-0.3, -0.25) is 4.79 Å². The lowest BCUT2D eigenvalue weighted by atomic mass is 10.00. The molecule has 2 heterocycles. The zero-order valence-electron chi connectivity index (χ0n) is 6.82. The first-order valence-electron chi connectivity index (χ1n) is 4.06. The highest BCUT2D eigenvalue weighted by Crippen LogP contribution is 2.23. The quantitative estimate of drug-likeness (QED) is 0.478. The SMILES string of the molecule is O=C(O)N[C@@H]1C(=O)N[C@H]2COC[C@H]21. The predicted octanol–water partition coefficient (Wildman–Crippen LogP) is -1.23. The van der Waals surface area contributed by atoms with Gasteiger partial charge in [-0.25, -0.2) is 4.79 Å². The maximum absolute atomic E-state index is 11.2. The Hall–Kier alpha value is -1.30. The molecule has 2 rings (SSSR count). The number of ether oxygens (including phenoxy) is 1. The molecule has 3 N–H and O–H groups in total. The summed E-state index contributed by atoms with van der Waals surface area (Å²) < 4.78 is 5.12. The number of hydrogen-bond donors (Lipinski definition) is 3. The summed E-state index contributed by atoms with van der Waals surface area (Å²) in [6.07, 6.45) is -1.17. The molecule has 6 nitrogen and oxygen atoms in total. The number of carboxylic acid groups (broad SMARTS) is 1. The molecule has 0 saturated carbocycles. The van der Waals surface area contributed by atoms with Gasteiger partial charge in [-0.15, -0.1) is 0 Å². The minimum absolute atomic E-state index is 0.0238. The summed E-state index contributed by atoms with van der Waals surface area (Å²) in [7, 11) is 0. The molecule has 0 spiro atoms. The number of rotatable bonds is 1. The molecule has 72 valence electrons. The Morgan fingerprint density at radius 1 is 1.62 bits per heavy atom. The fraction of sp³-hybridized carbons (Fsp3) is 0.714. The molecule has 0 aromatic rings. The molecule has 13 heavy (non-hydrogen) atoms. The summed E-state index contributed by atoms with van der Waals surface area (Å²) in [6.45, 7) is 0.919. The molecular formula is C7H10N2O4. The van der Waals surface area contributed by atoms with Gasteiger partial charge in [0.1, 0.15) is 6.04 Å². The third-order valence-electron chi connectivity index (χ3n) is 2.44. The van der Waals surface area contributed by atoms with Crippen molar-refractivity contribution >= 4 is 12.0 Å². The summed E-state index contributed by atoms with van der Waals surface area (Å²) in [6, 6.07) is -0.672. The van der Waals surface area contributed by atoms with Crippen LogP contribution in [0.4, 0.5) is 4.79 Å². The Labute approximate surface area is 74.2 Å². The number of hydrogen-bond acceptors (Lipinski definition) is 3. The van der Waals surface area contributed by atoms with E-state index in [4.69, 9.17) is 9.84 Å². The van der Waals surface area contributed by atoms with Crippen LogP contribution in [0.15, 0.2) is 0 Å². The van der Waals surface area contributed by atoms with Gasteiger partial charge in [0.15, 0.2) is 0 Å². The van der Waals surface area contributed by atoms with Crippen molar-refractivity contribution in [3.05, 3.63) is 0 Å². The molecule has 2 fully saturated rings. The number of carbonyl (C=O) groups is 2. The van der Waals surface area contributed by atoms with Gasteiger partial charge in [0.2, 0.25) is 5.91 Å². The number of nitrogens with one attached hydrogen (secondary N) is 2. The maximum Gasteiger partial charge on any atom is 0.405 e.